The lowest BCUT2D eigenvalue weighted by Crippen LogP contribution is -2.39. The van der Waals surface area contributed by atoms with E-state index < -0.39 is 18.0 Å². The molecule has 0 fully saturated rings. The second-order valence-electron chi connectivity index (χ2n) is 6.83. The number of nitrogens with one attached hydrogen (secondary N) is 2. The Morgan fingerprint density at radius 1 is 0.933 bits per heavy atom. The standard InChI is InChI=1S/C23H28N2O5/c1-4-29-20-12-10-19(11-13-20)23(28)25-15-21(26)30-17(3)22(27)24-14-16(2)18-8-6-5-7-9-18/h5-13,16-17H,4,14-15H2,1-3H3,(H,24,27)(H,25,28)/t16-,17+/m0/s1. The van der Waals surface area contributed by atoms with Gasteiger partial charge in [-0.25, -0.2) is 0 Å². The fraction of sp³-hybridized carbons (Fsp3) is 0.348. The fourth-order valence-electron chi connectivity index (χ4n) is 2.71. The molecule has 0 saturated carbocycles. The quantitative estimate of drug-likeness (QED) is 0.585. The van der Waals surface area contributed by atoms with Crippen LogP contribution in [0.2, 0.25) is 0 Å². The van der Waals surface area contributed by atoms with Crippen molar-refractivity contribution in [2.24, 2.45) is 0 Å². The summed E-state index contributed by atoms with van der Waals surface area (Å²) in [6.07, 6.45) is -0.956. The summed E-state index contributed by atoms with van der Waals surface area (Å²) in [6, 6.07) is 16.4. The molecule has 0 unspecified atom stereocenters. The molecule has 160 valence electrons. The SMILES string of the molecule is CCOc1ccc(C(=O)NCC(=O)O[C@H](C)C(=O)NC[C@H](C)c2ccccc2)cc1. The van der Waals surface area contributed by atoms with E-state index in [1.165, 1.54) is 6.92 Å². The molecule has 2 N–H and O–H groups in total. The molecule has 0 aliphatic rings. The summed E-state index contributed by atoms with van der Waals surface area (Å²) in [7, 11) is 0. The molecule has 0 heterocycles. The van der Waals surface area contributed by atoms with Gasteiger partial charge < -0.3 is 20.1 Å². The zero-order valence-corrected chi connectivity index (χ0v) is 17.5. The molecule has 0 aliphatic heterocycles. The third kappa shape index (κ3) is 7.24. The molecule has 7 heteroatoms. The molecule has 0 saturated heterocycles. The van der Waals surface area contributed by atoms with Crippen molar-refractivity contribution in [3.05, 3.63) is 65.7 Å². The first-order chi connectivity index (χ1) is 14.4. The average molecular weight is 412 g/mol. The lowest BCUT2D eigenvalue weighted by Gasteiger charge is -2.17. The van der Waals surface area contributed by atoms with E-state index in [1.54, 1.807) is 24.3 Å². The van der Waals surface area contributed by atoms with Gasteiger partial charge in [-0.2, -0.15) is 0 Å². The van der Waals surface area contributed by atoms with Gasteiger partial charge in [0, 0.05) is 12.1 Å². The molecule has 0 bridgehead atoms. The van der Waals surface area contributed by atoms with Gasteiger partial charge in [-0.1, -0.05) is 37.3 Å². The van der Waals surface area contributed by atoms with E-state index in [0.29, 0.717) is 24.5 Å². The van der Waals surface area contributed by atoms with Crippen molar-refractivity contribution in [3.8, 4) is 5.75 Å². The number of ether oxygens (including phenoxy) is 2. The van der Waals surface area contributed by atoms with Gasteiger partial charge in [-0.15, -0.1) is 0 Å². The van der Waals surface area contributed by atoms with Crippen LogP contribution >= 0.6 is 0 Å². The Morgan fingerprint density at radius 2 is 1.60 bits per heavy atom. The normalized spacial score (nSPS) is 12.4. The van der Waals surface area contributed by atoms with Crippen molar-refractivity contribution in [3.63, 3.8) is 0 Å². The summed E-state index contributed by atoms with van der Waals surface area (Å²) < 4.78 is 10.4. The highest BCUT2D eigenvalue weighted by atomic mass is 16.5. The molecular formula is C23H28N2O5. The Morgan fingerprint density at radius 3 is 2.23 bits per heavy atom. The number of carbonyl (C=O) groups is 3. The summed E-state index contributed by atoms with van der Waals surface area (Å²) in [4.78, 5) is 36.2. The predicted octanol–water partition coefficient (Wildman–Crippen LogP) is 2.67. The molecule has 0 radical (unpaired) electrons. The van der Waals surface area contributed by atoms with Crippen LogP contribution in [0.3, 0.4) is 0 Å². The molecule has 0 spiro atoms. The van der Waals surface area contributed by atoms with Crippen LogP contribution < -0.4 is 15.4 Å². The van der Waals surface area contributed by atoms with Crippen LogP contribution in [-0.4, -0.2) is 43.6 Å². The van der Waals surface area contributed by atoms with Crippen LogP contribution in [-0.2, 0) is 14.3 Å². The molecule has 2 aromatic rings. The maximum absolute atomic E-state index is 12.2. The van der Waals surface area contributed by atoms with Gasteiger partial charge in [0.2, 0.25) is 0 Å². The van der Waals surface area contributed by atoms with Crippen LogP contribution in [0, 0.1) is 0 Å². The molecule has 2 rings (SSSR count). The number of benzene rings is 2. The summed E-state index contributed by atoms with van der Waals surface area (Å²) in [5.74, 6) is -0.692. The summed E-state index contributed by atoms with van der Waals surface area (Å²) in [6.45, 7) is 6.01. The van der Waals surface area contributed by atoms with Gasteiger partial charge in [0.05, 0.1) is 6.61 Å². The van der Waals surface area contributed by atoms with E-state index in [9.17, 15) is 14.4 Å². The molecular weight excluding hydrogens is 384 g/mol. The maximum Gasteiger partial charge on any atom is 0.326 e. The van der Waals surface area contributed by atoms with Crippen LogP contribution in [0.5, 0.6) is 5.75 Å². The highest BCUT2D eigenvalue weighted by Gasteiger charge is 2.19. The van der Waals surface area contributed by atoms with Gasteiger partial charge in [0.1, 0.15) is 12.3 Å². The number of rotatable bonds is 10. The Hall–Kier alpha value is -3.35. The average Bonchev–Trinajstić information content (AvgIpc) is 2.76. The van der Waals surface area contributed by atoms with Gasteiger partial charge >= 0.3 is 5.97 Å². The van der Waals surface area contributed by atoms with Gasteiger partial charge in [-0.3, -0.25) is 14.4 Å². The monoisotopic (exact) mass is 412 g/mol. The Balaban J connectivity index is 1.72. The van der Waals surface area contributed by atoms with Crippen molar-refractivity contribution in [2.75, 3.05) is 19.7 Å². The van der Waals surface area contributed by atoms with Crippen LogP contribution in [0.1, 0.15) is 42.6 Å². The minimum atomic E-state index is -0.956. The molecule has 0 aromatic heterocycles. The first kappa shape index (κ1) is 22.9. The second kappa shape index (κ2) is 11.6. The van der Waals surface area contributed by atoms with Gasteiger partial charge in [0.15, 0.2) is 6.10 Å². The summed E-state index contributed by atoms with van der Waals surface area (Å²) >= 11 is 0. The Kier molecular flexibility index (Phi) is 8.87. The molecule has 2 atom stereocenters. The lowest BCUT2D eigenvalue weighted by atomic mass is 10.0. The Bertz CT molecular complexity index is 836. The first-order valence-corrected chi connectivity index (χ1v) is 9.94. The summed E-state index contributed by atoms with van der Waals surface area (Å²) in [5, 5.41) is 5.26. The Labute approximate surface area is 176 Å². The smallest absolute Gasteiger partial charge is 0.326 e. The van der Waals surface area contributed by atoms with Crippen molar-refractivity contribution in [2.45, 2.75) is 32.8 Å². The van der Waals surface area contributed by atoms with Crippen molar-refractivity contribution >= 4 is 17.8 Å². The molecule has 2 aromatic carbocycles. The lowest BCUT2D eigenvalue weighted by molar-refractivity contribution is -0.153. The minimum absolute atomic E-state index is 0.131. The molecule has 0 aliphatic carbocycles. The largest absolute Gasteiger partial charge is 0.494 e. The first-order valence-electron chi connectivity index (χ1n) is 9.94. The fourth-order valence-corrected chi connectivity index (χ4v) is 2.71. The van der Waals surface area contributed by atoms with E-state index >= 15 is 0 Å². The minimum Gasteiger partial charge on any atom is -0.494 e. The van der Waals surface area contributed by atoms with Crippen molar-refractivity contribution in [1.29, 1.82) is 0 Å². The second-order valence-corrected chi connectivity index (χ2v) is 6.83. The van der Waals surface area contributed by atoms with Crippen molar-refractivity contribution in [1.82, 2.24) is 10.6 Å². The number of hydrogen-bond donors (Lipinski definition) is 2. The topological polar surface area (TPSA) is 93.7 Å². The van der Waals surface area contributed by atoms with E-state index in [2.05, 4.69) is 10.6 Å². The highest BCUT2D eigenvalue weighted by molar-refractivity contribution is 5.96. The highest BCUT2D eigenvalue weighted by Crippen LogP contribution is 2.13. The van der Waals surface area contributed by atoms with Crippen LogP contribution in [0.4, 0.5) is 0 Å². The zero-order chi connectivity index (χ0) is 21.9. The van der Waals surface area contributed by atoms with E-state index in [4.69, 9.17) is 9.47 Å². The zero-order valence-electron chi connectivity index (χ0n) is 17.5. The van der Waals surface area contributed by atoms with Crippen LogP contribution in [0.25, 0.3) is 0 Å². The van der Waals surface area contributed by atoms with Crippen LogP contribution in [0.15, 0.2) is 54.6 Å². The van der Waals surface area contributed by atoms with Crippen molar-refractivity contribution < 1.29 is 23.9 Å². The molecule has 2 amide bonds. The van der Waals surface area contributed by atoms with E-state index in [1.807, 2.05) is 44.2 Å². The summed E-state index contributed by atoms with van der Waals surface area (Å²) in [5.41, 5.74) is 1.51. The predicted molar refractivity (Wildman–Crippen MR) is 113 cm³/mol. The van der Waals surface area contributed by atoms with E-state index in [-0.39, 0.29) is 18.4 Å². The third-order valence-electron chi connectivity index (χ3n) is 4.45. The molecule has 30 heavy (non-hydrogen) atoms. The number of amides is 2. The maximum atomic E-state index is 12.2. The molecule has 7 nitrogen and oxygen atoms in total. The number of esters is 1. The number of carbonyl (C=O) groups excluding carboxylic acids is 3. The van der Waals surface area contributed by atoms with Gasteiger partial charge in [0.25, 0.3) is 11.8 Å². The third-order valence-corrected chi connectivity index (χ3v) is 4.45. The number of hydrogen-bond acceptors (Lipinski definition) is 5. The van der Waals surface area contributed by atoms with Gasteiger partial charge in [-0.05, 0) is 49.6 Å². The van der Waals surface area contributed by atoms with E-state index in [0.717, 1.165) is 5.56 Å².